The van der Waals surface area contributed by atoms with Crippen molar-refractivity contribution in [3.8, 4) is 0 Å². The molecule has 1 unspecified atom stereocenters. The molecule has 1 fully saturated rings. The first kappa shape index (κ1) is 22.6. The molecular weight excluding hydrogens is 379 g/mol. The normalized spacial score (nSPS) is 16.6. The van der Waals surface area contributed by atoms with E-state index in [1.807, 2.05) is 14.0 Å². The standard InChI is InChI=1S/C17H25ClN4O3.ClH/c1-12(21-9-6-13(7-10-21)5-8-19-2)17(23)20-16-11-14(22(24)25)3-4-15(16)18;/h3-4,11-13,19H,5-10H2,1-2H3,(H,20,23);1H. The lowest BCUT2D eigenvalue weighted by atomic mass is 9.93. The summed E-state index contributed by atoms with van der Waals surface area (Å²) in [6.07, 6.45) is 3.32. The van der Waals surface area contributed by atoms with E-state index >= 15 is 0 Å². The highest BCUT2D eigenvalue weighted by molar-refractivity contribution is 6.33. The van der Waals surface area contributed by atoms with Crippen molar-refractivity contribution in [2.45, 2.75) is 32.2 Å². The third-order valence-electron chi connectivity index (χ3n) is 4.80. The van der Waals surface area contributed by atoms with Gasteiger partial charge in [-0.05, 0) is 64.9 Å². The van der Waals surface area contributed by atoms with Crippen LogP contribution in [0.25, 0.3) is 0 Å². The Balaban J connectivity index is 0.00000338. The molecule has 0 saturated carbocycles. The van der Waals surface area contributed by atoms with Crippen LogP contribution in [0.5, 0.6) is 0 Å². The van der Waals surface area contributed by atoms with Gasteiger partial charge in [0.2, 0.25) is 5.91 Å². The second-order valence-corrected chi connectivity index (χ2v) is 6.87. The van der Waals surface area contributed by atoms with Gasteiger partial charge in [-0.25, -0.2) is 0 Å². The largest absolute Gasteiger partial charge is 0.323 e. The summed E-state index contributed by atoms with van der Waals surface area (Å²) in [7, 11) is 1.96. The Kier molecular flexibility index (Phi) is 9.29. The molecular formula is C17H26Cl2N4O3. The summed E-state index contributed by atoms with van der Waals surface area (Å²) in [5.74, 6) is 0.501. The van der Waals surface area contributed by atoms with Crippen molar-refractivity contribution in [1.29, 1.82) is 0 Å². The molecule has 0 aliphatic carbocycles. The molecule has 2 rings (SSSR count). The van der Waals surface area contributed by atoms with Crippen molar-refractivity contribution in [3.05, 3.63) is 33.3 Å². The molecule has 1 aliphatic heterocycles. The fraction of sp³-hybridized carbons (Fsp3) is 0.588. The summed E-state index contributed by atoms with van der Waals surface area (Å²) in [6, 6.07) is 3.72. The lowest BCUT2D eigenvalue weighted by molar-refractivity contribution is -0.384. The van der Waals surface area contributed by atoms with E-state index in [0.29, 0.717) is 5.92 Å². The summed E-state index contributed by atoms with van der Waals surface area (Å²) in [4.78, 5) is 25.0. The lowest BCUT2D eigenvalue weighted by Gasteiger charge is -2.35. The molecule has 1 heterocycles. The highest BCUT2D eigenvalue weighted by Gasteiger charge is 2.27. The number of rotatable bonds is 7. The molecule has 9 heteroatoms. The summed E-state index contributed by atoms with van der Waals surface area (Å²) in [5, 5.41) is 17.1. The minimum absolute atomic E-state index is 0. The van der Waals surface area contributed by atoms with Gasteiger partial charge >= 0.3 is 0 Å². The molecule has 26 heavy (non-hydrogen) atoms. The van der Waals surface area contributed by atoms with E-state index in [1.165, 1.54) is 18.2 Å². The first-order chi connectivity index (χ1) is 11.9. The van der Waals surface area contributed by atoms with Crippen molar-refractivity contribution in [2.24, 2.45) is 5.92 Å². The zero-order valence-electron chi connectivity index (χ0n) is 15.0. The quantitative estimate of drug-likeness (QED) is 0.537. The third kappa shape index (κ3) is 6.09. The van der Waals surface area contributed by atoms with Crippen LogP contribution in [0.3, 0.4) is 0 Å². The van der Waals surface area contributed by atoms with Crippen LogP contribution in [0.2, 0.25) is 5.02 Å². The maximum absolute atomic E-state index is 12.5. The fourth-order valence-electron chi connectivity index (χ4n) is 3.10. The van der Waals surface area contributed by atoms with E-state index in [-0.39, 0.29) is 40.8 Å². The average Bonchev–Trinajstić information content (AvgIpc) is 2.61. The Hall–Kier alpha value is -1.41. The van der Waals surface area contributed by atoms with Crippen LogP contribution in [-0.2, 0) is 4.79 Å². The number of amides is 1. The third-order valence-corrected chi connectivity index (χ3v) is 5.13. The van der Waals surface area contributed by atoms with Gasteiger partial charge in [-0.1, -0.05) is 11.6 Å². The predicted molar refractivity (Wildman–Crippen MR) is 106 cm³/mol. The van der Waals surface area contributed by atoms with Gasteiger partial charge in [0.1, 0.15) is 0 Å². The monoisotopic (exact) mass is 404 g/mol. The van der Waals surface area contributed by atoms with Gasteiger partial charge < -0.3 is 10.6 Å². The summed E-state index contributed by atoms with van der Waals surface area (Å²) >= 11 is 6.05. The molecule has 7 nitrogen and oxygen atoms in total. The Labute approximate surface area is 165 Å². The number of nitro benzene ring substituents is 1. The number of likely N-dealkylation sites (tertiary alicyclic amines) is 1. The molecule has 0 radical (unpaired) electrons. The maximum atomic E-state index is 12.5. The Bertz CT molecular complexity index is 622. The predicted octanol–water partition coefficient (Wildman–Crippen LogP) is 3.32. The first-order valence-corrected chi connectivity index (χ1v) is 8.93. The minimum Gasteiger partial charge on any atom is -0.323 e. The van der Waals surface area contributed by atoms with Crippen LogP contribution in [0.4, 0.5) is 11.4 Å². The minimum atomic E-state index is -0.509. The molecule has 0 bridgehead atoms. The van der Waals surface area contributed by atoms with E-state index in [2.05, 4.69) is 15.5 Å². The van der Waals surface area contributed by atoms with Crippen LogP contribution in [0, 0.1) is 16.0 Å². The molecule has 0 aromatic heterocycles. The van der Waals surface area contributed by atoms with E-state index in [4.69, 9.17) is 11.6 Å². The van der Waals surface area contributed by atoms with Gasteiger partial charge in [0, 0.05) is 12.1 Å². The Morgan fingerprint density at radius 2 is 2.08 bits per heavy atom. The van der Waals surface area contributed by atoms with Gasteiger partial charge in [-0.2, -0.15) is 0 Å². The molecule has 146 valence electrons. The molecule has 1 aromatic rings. The number of nitrogens with one attached hydrogen (secondary N) is 2. The van der Waals surface area contributed by atoms with Crippen molar-refractivity contribution >= 4 is 41.3 Å². The number of benzene rings is 1. The van der Waals surface area contributed by atoms with Crippen LogP contribution < -0.4 is 10.6 Å². The Morgan fingerprint density at radius 3 is 2.65 bits per heavy atom. The Morgan fingerprint density at radius 1 is 1.42 bits per heavy atom. The molecule has 1 atom stereocenters. The zero-order valence-corrected chi connectivity index (χ0v) is 16.6. The number of nitro groups is 1. The van der Waals surface area contributed by atoms with Crippen molar-refractivity contribution in [1.82, 2.24) is 10.2 Å². The van der Waals surface area contributed by atoms with Gasteiger partial charge in [-0.15, -0.1) is 12.4 Å². The topological polar surface area (TPSA) is 87.5 Å². The van der Waals surface area contributed by atoms with Crippen LogP contribution in [0.1, 0.15) is 26.2 Å². The average molecular weight is 405 g/mol. The molecule has 2 N–H and O–H groups in total. The van der Waals surface area contributed by atoms with Crippen LogP contribution in [-0.4, -0.2) is 48.5 Å². The molecule has 1 amide bonds. The fourth-order valence-corrected chi connectivity index (χ4v) is 3.27. The van der Waals surface area contributed by atoms with Gasteiger partial charge in [0.05, 0.1) is 21.7 Å². The highest BCUT2D eigenvalue weighted by atomic mass is 35.5. The number of nitrogens with zero attached hydrogens (tertiary/aromatic N) is 2. The second-order valence-electron chi connectivity index (χ2n) is 6.46. The van der Waals surface area contributed by atoms with Crippen molar-refractivity contribution < 1.29 is 9.72 Å². The lowest BCUT2D eigenvalue weighted by Crippen LogP contribution is -2.46. The SMILES string of the molecule is CNCCC1CCN(C(C)C(=O)Nc2cc([N+](=O)[O-])ccc2Cl)CC1.Cl. The molecule has 0 spiro atoms. The van der Waals surface area contributed by atoms with E-state index in [0.717, 1.165) is 38.9 Å². The smallest absolute Gasteiger partial charge is 0.271 e. The van der Waals surface area contributed by atoms with Crippen LogP contribution in [0.15, 0.2) is 18.2 Å². The summed E-state index contributed by atoms with van der Waals surface area (Å²) in [6.45, 7) is 4.64. The number of hydrogen-bond donors (Lipinski definition) is 2. The van der Waals surface area contributed by atoms with Gasteiger partial charge in [0.25, 0.3) is 5.69 Å². The number of hydrogen-bond acceptors (Lipinski definition) is 5. The van der Waals surface area contributed by atoms with Crippen LogP contribution >= 0.6 is 24.0 Å². The molecule has 1 saturated heterocycles. The first-order valence-electron chi connectivity index (χ1n) is 8.55. The van der Waals surface area contributed by atoms with Crippen molar-refractivity contribution in [2.75, 3.05) is 32.0 Å². The molecule has 1 aromatic carbocycles. The second kappa shape index (κ2) is 10.7. The summed E-state index contributed by atoms with van der Waals surface area (Å²) < 4.78 is 0. The van der Waals surface area contributed by atoms with Crippen molar-refractivity contribution in [3.63, 3.8) is 0 Å². The van der Waals surface area contributed by atoms with E-state index in [9.17, 15) is 14.9 Å². The van der Waals surface area contributed by atoms with E-state index in [1.54, 1.807) is 0 Å². The zero-order chi connectivity index (χ0) is 18.4. The number of halogens is 2. The maximum Gasteiger partial charge on any atom is 0.271 e. The van der Waals surface area contributed by atoms with Gasteiger partial charge in [-0.3, -0.25) is 19.8 Å². The number of anilines is 1. The van der Waals surface area contributed by atoms with E-state index < -0.39 is 4.92 Å². The highest BCUT2D eigenvalue weighted by Crippen LogP contribution is 2.27. The number of carbonyl (C=O) groups excluding carboxylic acids is 1. The number of piperidine rings is 1. The van der Waals surface area contributed by atoms with Gasteiger partial charge in [0.15, 0.2) is 0 Å². The number of carbonyl (C=O) groups is 1. The molecule has 1 aliphatic rings. The summed E-state index contributed by atoms with van der Waals surface area (Å²) in [5.41, 5.74) is 0.175. The number of non-ortho nitro benzene ring substituents is 1.